The number of nitrogens with one attached hydrogen (secondary N) is 1. The average Bonchev–Trinajstić information content (AvgIpc) is 2.42. The van der Waals surface area contributed by atoms with Gasteiger partial charge in [0.2, 0.25) is 0 Å². The zero-order valence-electron chi connectivity index (χ0n) is 11.5. The van der Waals surface area contributed by atoms with Crippen molar-refractivity contribution in [2.45, 2.75) is 39.0 Å². The molecule has 0 bridgehead atoms. The first-order valence-corrected chi connectivity index (χ1v) is 7.12. The van der Waals surface area contributed by atoms with Crippen LogP contribution in [0, 0.1) is 29.0 Å². The molecule has 1 N–H and O–H groups in total. The van der Waals surface area contributed by atoms with E-state index in [-0.39, 0.29) is 5.82 Å². The van der Waals surface area contributed by atoms with Crippen molar-refractivity contribution >= 4 is 5.69 Å². The molecule has 0 heterocycles. The van der Waals surface area contributed by atoms with Crippen LogP contribution < -0.4 is 5.32 Å². The molecule has 0 aliphatic heterocycles. The van der Waals surface area contributed by atoms with E-state index in [4.69, 9.17) is 5.26 Å². The Balaban J connectivity index is 1.81. The summed E-state index contributed by atoms with van der Waals surface area (Å²) in [4.78, 5) is 0. The molecule has 1 aliphatic rings. The maximum Gasteiger partial charge on any atom is 0.124 e. The Bertz CT molecular complexity index is 456. The molecule has 1 aromatic carbocycles. The molecule has 0 spiro atoms. The predicted molar refractivity (Wildman–Crippen MR) is 75.3 cm³/mol. The molecule has 0 aromatic heterocycles. The van der Waals surface area contributed by atoms with Crippen LogP contribution in [0.1, 0.15) is 44.6 Å². The lowest BCUT2D eigenvalue weighted by molar-refractivity contribution is 0.282. The number of benzene rings is 1. The van der Waals surface area contributed by atoms with Gasteiger partial charge in [0.25, 0.3) is 0 Å². The van der Waals surface area contributed by atoms with Crippen molar-refractivity contribution in [3.05, 3.63) is 29.6 Å². The Morgan fingerprint density at radius 1 is 1.32 bits per heavy atom. The van der Waals surface area contributed by atoms with E-state index < -0.39 is 0 Å². The second kappa shape index (κ2) is 6.56. The monoisotopic (exact) mass is 260 g/mol. The molecule has 102 valence electrons. The first-order chi connectivity index (χ1) is 9.19. The number of anilines is 1. The number of nitrogens with zero attached hydrogens (tertiary/aromatic N) is 1. The van der Waals surface area contributed by atoms with Crippen LogP contribution in [0.5, 0.6) is 0 Å². The highest BCUT2D eigenvalue weighted by molar-refractivity contribution is 5.57. The van der Waals surface area contributed by atoms with Gasteiger partial charge in [0.15, 0.2) is 0 Å². The average molecular weight is 260 g/mol. The number of nitriles is 1. The molecular formula is C16H21FN2. The molecule has 1 aromatic rings. The van der Waals surface area contributed by atoms with Gasteiger partial charge in [-0.1, -0.05) is 32.6 Å². The van der Waals surface area contributed by atoms with Crippen LogP contribution in [-0.2, 0) is 0 Å². The fourth-order valence-electron chi connectivity index (χ4n) is 2.79. The highest BCUT2D eigenvalue weighted by Gasteiger charge is 2.17. The smallest absolute Gasteiger partial charge is 0.124 e. The summed E-state index contributed by atoms with van der Waals surface area (Å²) in [6.45, 7) is 3.19. The minimum Gasteiger partial charge on any atom is -0.384 e. The molecule has 0 unspecified atom stereocenters. The summed E-state index contributed by atoms with van der Waals surface area (Å²) in [6, 6.07) is 6.35. The topological polar surface area (TPSA) is 35.8 Å². The van der Waals surface area contributed by atoms with Crippen LogP contribution in [0.15, 0.2) is 18.2 Å². The van der Waals surface area contributed by atoms with Gasteiger partial charge < -0.3 is 5.32 Å². The Kier molecular flexibility index (Phi) is 4.79. The van der Waals surface area contributed by atoms with Gasteiger partial charge in [-0.05, 0) is 36.5 Å². The van der Waals surface area contributed by atoms with Crippen LogP contribution in [0.2, 0.25) is 0 Å². The molecule has 3 heteroatoms. The van der Waals surface area contributed by atoms with Gasteiger partial charge in [-0.15, -0.1) is 0 Å². The van der Waals surface area contributed by atoms with Crippen molar-refractivity contribution in [1.82, 2.24) is 0 Å². The molecule has 0 saturated heterocycles. The minimum atomic E-state index is -0.358. The van der Waals surface area contributed by atoms with E-state index in [0.717, 1.165) is 30.5 Å². The Morgan fingerprint density at radius 2 is 2.05 bits per heavy atom. The molecule has 1 aliphatic carbocycles. The fourth-order valence-corrected chi connectivity index (χ4v) is 2.79. The third-order valence-electron chi connectivity index (χ3n) is 4.11. The first-order valence-electron chi connectivity index (χ1n) is 7.12. The normalized spacial score (nSPS) is 22.8. The van der Waals surface area contributed by atoms with Gasteiger partial charge in [0.1, 0.15) is 11.9 Å². The lowest BCUT2D eigenvalue weighted by Gasteiger charge is -2.26. The molecular weight excluding hydrogens is 239 g/mol. The standard InChI is InChI=1S/C16H21FN2/c1-12-2-4-13(5-3-12)8-9-19-16-7-6-15(17)10-14(16)11-18/h6-7,10,12-13,19H,2-5,8-9H2,1H3. The first kappa shape index (κ1) is 13.9. The van der Waals surface area contributed by atoms with Gasteiger partial charge in [0, 0.05) is 6.54 Å². The van der Waals surface area contributed by atoms with Crippen LogP contribution in [0.3, 0.4) is 0 Å². The summed E-state index contributed by atoms with van der Waals surface area (Å²) < 4.78 is 13.0. The van der Waals surface area contributed by atoms with Crippen LogP contribution in [-0.4, -0.2) is 6.54 Å². The number of halogens is 1. The SMILES string of the molecule is CC1CCC(CCNc2ccc(F)cc2C#N)CC1. The zero-order chi connectivity index (χ0) is 13.7. The Labute approximate surface area is 114 Å². The summed E-state index contributed by atoms with van der Waals surface area (Å²) in [5.74, 6) is 1.32. The maximum absolute atomic E-state index is 13.0. The van der Waals surface area contributed by atoms with E-state index in [2.05, 4.69) is 12.2 Å². The largest absolute Gasteiger partial charge is 0.384 e. The summed E-state index contributed by atoms with van der Waals surface area (Å²) in [6.07, 6.45) is 6.44. The second-order valence-corrected chi connectivity index (χ2v) is 5.64. The number of hydrogen-bond acceptors (Lipinski definition) is 2. The molecule has 2 rings (SSSR count). The summed E-state index contributed by atoms with van der Waals surface area (Å²) >= 11 is 0. The van der Waals surface area contributed by atoms with Crippen molar-refractivity contribution in [1.29, 1.82) is 5.26 Å². The fraction of sp³-hybridized carbons (Fsp3) is 0.562. The third-order valence-corrected chi connectivity index (χ3v) is 4.11. The third kappa shape index (κ3) is 3.96. The maximum atomic E-state index is 13.0. The highest BCUT2D eigenvalue weighted by Crippen LogP contribution is 2.30. The molecule has 1 saturated carbocycles. The van der Waals surface area contributed by atoms with Gasteiger partial charge in [-0.2, -0.15) is 5.26 Å². The van der Waals surface area contributed by atoms with E-state index in [1.165, 1.54) is 37.8 Å². The second-order valence-electron chi connectivity index (χ2n) is 5.64. The Morgan fingerprint density at radius 3 is 2.74 bits per heavy atom. The predicted octanol–water partition coefficient (Wildman–Crippen LogP) is 4.33. The van der Waals surface area contributed by atoms with Crippen LogP contribution in [0.25, 0.3) is 0 Å². The van der Waals surface area contributed by atoms with E-state index in [0.29, 0.717) is 5.56 Å². The summed E-state index contributed by atoms with van der Waals surface area (Å²) in [5, 5.41) is 12.2. The van der Waals surface area contributed by atoms with Crippen molar-refractivity contribution in [2.75, 3.05) is 11.9 Å². The van der Waals surface area contributed by atoms with Gasteiger partial charge in [-0.25, -0.2) is 4.39 Å². The molecule has 0 amide bonds. The van der Waals surface area contributed by atoms with Crippen LogP contribution >= 0.6 is 0 Å². The number of rotatable bonds is 4. The van der Waals surface area contributed by atoms with Crippen LogP contribution in [0.4, 0.5) is 10.1 Å². The van der Waals surface area contributed by atoms with E-state index >= 15 is 0 Å². The van der Waals surface area contributed by atoms with Crippen molar-refractivity contribution < 1.29 is 4.39 Å². The van der Waals surface area contributed by atoms with Crippen molar-refractivity contribution in [3.63, 3.8) is 0 Å². The van der Waals surface area contributed by atoms with E-state index in [9.17, 15) is 4.39 Å². The highest BCUT2D eigenvalue weighted by atomic mass is 19.1. The van der Waals surface area contributed by atoms with Gasteiger partial charge in [0.05, 0.1) is 11.3 Å². The van der Waals surface area contributed by atoms with E-state index in [1.807, 2.05) is 6.07 Å². The van der Waals surface area contributed by atoms with Gasteiger partial charge >= 0.3 is 0 Å². The zero-order valence-corrected chi connectivity index (χ0v) is 11.5. The van der Waals surface area contributed by atoms with Crippen molar-refractivity contribution in [3.8, 4) is 6.07 Å². The lowest BCUT2D eigenvalue weighted by Crippen LogP contribution is -2.16. The molecule has 1 fully saturated rings. The van der Waals surface area contributed by atoms with E-state index in [1.54, 1.807) is 6.07 Å². The quantitative estimate of drug-likeness (QED) is 0.874. The molecule has 0 radical (unpaired) electrons. The molecule has 0 atom stereocenters. The minimum absolute atomic E-state index is 0.358. The van der Waals surface area contributed by atoms with Gasteiger partial charge in [-0.3, -0.25) is 0 Å². The summed E-state index contributed by atoms with van der Waals surface area (Å²) in [5.41, 5.74) is 1.13. The van der Waals surface area contributed by atoms with Crippen molar-refractivity contribution in [2.24, 2.45) is 11.8 Å². The number of hydrogen-bond donors (Lipinski definition) is 1. The molecule has 19 heavy (non-hydrogen) atoms. The Hall–Kier alpha value is -1.56. The summed E-state index contributed by atoms with van der Waals surface area (Å²) in [7, 11) is 0. The lowest BCUT2D eigenvalue weighted by atomic mass is 9.81. The molecule has 2 nitrogen and oxygen atoms in total.